The molecule has 34 heavy (non-hydrogen) atoms. The number of aliphatic hydroxyl groups excluding tert-OH is 1. The van der Waals surface area contributed by atoms with E-state index in [1.54, 1.807) is 0 Å². The van der Waals surface area contributed by atoms with E-state index in [2.05, 4.69) is 33.1 Å². The van der Waals surface area contributed by atoms with Gasteiger partial charge in [0.15, 0.2) is 9.84 Å². The predicted octanol–water partition coefficient (Wildman–Crippen LogP) is 2.84. The maximum atomic E-state index is 12.5. The van der Waals surface area contributed by atoms with E-state index in [4.69, 9.17) is 21.4 Å². The Morgan fingerprint density at radius 3 is 2.71 bits per heavy atom. The fraction of sp³-hybridized carbons (Fsp3) is 0.417. The van der Waals surface area contributed by atoms with Crippen LogP contribution in [0.5, 0.6) is 6.01 Å². The van der Waals surface area contributed by atoms with Crippen LogP contribution in [0, 0.1) is 0 Å². The minimum absolute atomic E-state index is 0.209. The standard InChI is InChI=1S/C24H27ClN4O4S/c1-33-24-26-20-15-28(21-7-3-5-16-4-2-6-19(25)22(16)21)11-9-18(20)23(27-24)29-10-8-17(14-29)34(31,32)13-12-30/h2-7,17,30H,8-15H2,1H3. The second-order valence-corrected chi connectivity index (χ2v) is 11.5. The van der Waals surface area contributed by atoms with Crippen molar-refractivity contribution < 1.29 is 18.3 Å². The van der Waals surface area contributed by atoms with Crippen LogP contribution in [0.15, 0.2) is 36.4 Å². The highest BCUT2D eigenvalue weighted by Crippen LogP contribution is 2.37. The number of benzene rings is 2. The molecule has 2 aliphatic rings. The Labute approximate surface area is 204 Å². The molecule has 0 spiro atoms. The second kappa shape index (κ2) is 9.20. The molecule has 1 fully saturated rings. The van der Waals surface area contributed by atoms with Crippen molar-refractivity contribution in [2.75, 3.05) is 48.9 Å². The molecule has 0 amide bonds. The fourth-order valence-corrected chi connectivity index (χ4v) is 6.73. The Morgan fingerprint density at radius 2 is 1.94 bits per heavy atom. The first-order valence-corrected chi connectivity index (χ1v) is 13.4. The number of ether oxygens (including phenoxy) is 1. The van der Waals surface area contributed by atoms with Crippen molar-refractivity contribution in [2.24, 2.45) is 0 Å². The van der Waals surface area contributed by atoms with E-state index in [-0.39, 0.29) is 18.4 Å². The zero-order valence-electron chi connectivity index (χ0n) is 18.9. The topological polar surface area (TPSA) is 95.9 Å². The van der Waals surface area contributed by atoms with Gasteiger partial charge in [-0.05, 0) is 30.4 Å². The second-order valence-electron chi connectivity index (χ2n) is 8.69. The molecule has 2 aromatic carbocycles. The van der Waals surface area contributed by atoms with Gasteiger partial charge in [-0.2, -0.15) is 9.97 Å². The Balaban J connectivity index is 1.48. The van der Waals surface area contributed by atoms with Crippen molar-refractivity contribution in [3.05, 3.63) is 52.7 Å². The summed E-state index contributed by atoms with van der Waals surface area (Å²) >= 11 is 6.57. The van der Waals surface area contributed by atoms with Crippen molar-refractivity contribution in [1.29, 1.82) is 0 Å². The van der Waals surface area contributed by atoms with E-state index in [1.807, 2.05) is 23.1 Å². The van der Waals surface area contributed by atoms with E-state index in [0.717, 1.165) is 46.5 Å². The molecular formula is C24H27ClN4O4S. The number of sulfone groups is 1. The van der Waals surface area contributed by atoms with Crippen LogP contribution in [0.4, 0.5) is 11.5 Å². The van der Waals surface area contributed by atoms with Crippen molar-refractivity contribution in [2.45, 2.75) is 24.6 Å². The number of hydrogen-bond acceptors (Lipinski definition) is 8. The van der Waals surface area contributed by atoms with E-state index in [9.17, 15) is 8.42 Å². The molecule has 1 aromatic heterocycles. The Kier molecular flexibility index (Phi) is 6.26. The number of fused-ring (bicyclic) bond motifs is 2. The van der Waals surface area contributed by atoms with Crippen molar-refractivity contribution >= 4 is 43.7 Å². The Hall–Kier alpha value is -2.62. The first-order valence-electron chi connectivity index (χ1n) is 11.3. The average molecular weight is 503 g/mol. The summed E-state index contributed by atoms with van der Waals surface area (Å²) in [6.45, 7) is 1.93. The van der Waals surface area contributed by atoms with Crippen LogP contribution < -0.4 is 14.5 Å². The quantitative estimate of drug-likeness (QED) is 0.549. The number of hydrogen-bond donors (Lipinski definition) is 1. The zero-order valence-corrected chi connectivity index (χ0v) is 20.5. The fourth-order valence-electron chi connectivity index (χ4n) is 4.99. The van der Waals surface area contributed by atoms with Gasteiger partial charge in [0.1, 0.15) is 5.82 Å². The summed E-state index contributed by atoms with van der Waals surface area (Å²) in [7, 11) is -1.81. The highest BCUT2D eigenvalue weighted by molar-refractivity contribution is 7.92. The number of nitrogens with zero attached hydrogens (tertiary/aromatic N) is 4. The third-order valence-corrected chi connectivity index (χ3v) is 9.17. The molecule has 3 aromatic rings. The van der Waals surface area contributed by atoms with E-state index < -0.39 is 15.1 Å². The van der Waals surface area contributed by atoms with Gasteiger partial charge in [-0.3, -0.25) is 0 Å². The SMILES string of the molecule is COc1nc2c(c(N3CCC(S(=O)(=O)CCO)C3)n1)CCN(c1cccc3cccc(Cl)c13)C2. The summed E-state index contributed by atoms with van der Waals surface area (Å²) in [6.07, 6.45) is 1.24. The van der Waals surface area contributed by atoms with Crippen molar-refractivity contribution in [3.63, 3.8) is 0 Å². The molecule has 1 unspecified atom stereocenters. The molecule has 3 heterocycles. The molecule has 2 aliphatic heterocycles. The lowest BCUT2D eigenvalue weighted by atomic mass is 10.0. The van der Waals surface area contributed by atoms with Gasteiger partial charge in [0.2, 0.25) is 0 Å². The summed E-state index contributed by atoms with van der Waals surface area (Å²) in [5.74, 6) is 0.540. The van der Waals surface area contributed by atoms with Gasteiger partial charge in [-0.1, -0.05) is 35.9 Å². The largest absolute Gasteiger partial charge is 0.467 e. The predicted molar refractivity (Wildman–Crippen MR) is 134 cm³/mol. The molecular weight excluding hydrogens is 476 g/mol. The summed E-state index contributed by atoms with van der Waals surface area (Å²) in [5.41, 5.74) is 2.96. The van der Waals surface area contributed by atoms with E-state index in [0.29, 0.717) is 31.1 Å². The number of anilines is 2. The molecule has 1 atom stereocenters. The molecule has 0 radical (unpaired) electrons. The first-order chi connectivity index (χ1) is 16.4. The van der Waals surface area contributed by atoms with Gasteiger partial charge < -0.3 is 19.6 Å². The maximum Gasteiger partial charge on any atom is 0.318 e. The lowest BCUT2D eigenvalue weighted by Gasteiger charge is -2.33. The molecule has 1 N–H and O–H groups in total. The lowest BCUT2D eigenvalue weighted by molar-refractivity contribution is 0.319. The van der Waals surface area contributed by atoms with Crippen LogP contribution in [0.25, 0.3) is 10.8 Å². The zero-order chi connectivity index (χ0) is 23.9. The number of halogens is 1. The molecule has 180 valence electrons. The number of aromatic nitrogens is 2. The van der Waals surface area contributed by atoms with Crippen LogP contribution in [0.2, 0.25) is 5.02 Å². The van der Waals surface area contributed by atoms with Gasteiger partial charge >= 0.3 is 6.01 Å². The van der Waals surface area contributed by atoms with Crippen LogP contribution in [0.3, 0.4) is 0 Å². The number of rotatable bonds is 6. The monoisotopic (exact) mass is 502 g/mol. The normalized spacial score (nSPS) is 18.4. The van der Waals surface area contributed by atoms with Crippen molar-refractivity contribution in [3.8, 4) is 6.01 Å². The van der Waals surface area contributed by atoms with Gasteiger partial charge in [0.05, 0.1) is 42.0 Å². The van der Waals surface area contributed by atoms with Crippen molar-refractivity contribution in [1.82, 2.24) is 9.97 Å². The van der Waals surface area contributed by atoms with Crippen LogP contribution in [0.1, 0.15) is 17.7 Å². The first kappa shape index (κ1) is 23.1. The number of methoxy groups -OCH3 is 1. The molecule has 0 saturated carbocycles. The lowest BCUT2D eigenvalue weighted by Crippen LogP contribution is -2.35. The smallest absolute Gasteiger partial charge is 0.318 e. The molecule has 10 heteroatoms. The highest BCUT2D eigenvalue weighted by Gasteiger charge is 2.35. The third-order valence-electron chi connectivity index (χ3n) is 6.71. The maximum absolute atomic E-state index is 12.5. The number of aliphatic hydroxyl groups is 1. The highest BCUT2D eigenvalue weighted by atomic mass is 35.5. The minimum atomic E-state index is -3.34. The summed E-state index contributed by atoms with van der Waals surface area (Å²) in [6, 6.07) is 12.4. The van der Waals surface area contributed by atoms with Gasteiger partial charge in [0, 0.05) is 36.3 Å². The van der Waals surface area contributed by atoms with E-state index >= 15 is 0 Å². The van der Waals surface area contributed by atoms with Gasteiger partial charge in [-0.15, -0.1) is 0 Å². The molecule has 5 rings (SSSR count). The van der Waals surface area contributed by atoms with Crippen LogP contribution in [-0.2, 0) is 22.8 Å². The third kappa shape index (κ3) is 4.16. The Bertz CT molecular complexity index is 1330. The molecule has 0 aliphatic carbocycles. The van der Waals surface area contributed by atoms with Crippen LogP contribution in [-0.4, -0.2) is 67.8 Å². The van der Waals surface area contributed by atoms with Gasteiger partial charge in [-0.25, -0.2) is 8.42 Å². The molecule has 0 bridgehead atoms. The average Bonchev–Trinajstić information content (AvgIpc) is 3.34. The van der Waals surface area contributed by atoms with Gasteiger partial charge in [0.25, 0.3) is 0 Å². The minimum Gasteiger partial charge on any atom is -0.467 e. The van der Waals surface area contributed by atoms with Crippen LogP contribution >= 0.6 is 11.6 Å². The summed E-state index contributed by atoms with van der Waals surface area (Å²) in [5, 5.41) is 11.4. The molecule has 8 nitrogen and oxygen atoms in total. The Morgan fingerprint density at radius 1 is 1.15 bits per heavy atom. The summed E-state index contributed by atoms with van der Waals surface area (Å²) < 4.78 is 30.4. The summed E-state index contributed by atoms with van der Waals surface area (Å²) in [4.78, 5) is 13.6. The van der Waals surface area contributed by atoms with E-state index in [1.165, 1.54) is 7.11 Å². The molecule has 1 saturated heterocycles.